The van der Waals surface area contributed by atoms with Gasteiger partial charge in [-0.1, -0.05) is 63.4 Å². The van der Waals surface area contributed by atoms with Gasteiger partial charge in [0.1, 0.15) is 6.73 Å². The van der Waals surface area contributed by atoms with Crippen molar-refractivity contribution < 1.29 is 14.3 Å². The Balaban J connectivity index is 1.70. The summed E-state index contributed by atoms with van der Waals surface area (Å²) in [5, 5.41) is 2.88. The molecule has 2 atom stereocenters. The molecule has 1 aromatic rings. The molecule has 27 heavy (non-hydrogen) atoms. The van der Waals surface area contributed by atoms with E-state index in [1.807, 2.05) is 30.3 Å². The molecule has 1 aromatic carbocycles. The third-order valence-electron chi connectivity index (χ3n) is 5.35. The minimum absolute atomic E-state index is 0.150. The first-order valence-electron chi connectivity index (χ1n) is 9.95. The number of hydrogen-bond donors (Lipinski definition) is 1. The maximum Gasteiger partial charge on any atom is 0.326 e. The Labute approximate surface area is 166 Å². The number of urea groups is 1. The number of rotatable bonds is 7. The Morgan fingerprint density at radius 3 is 2.52 bits per heavy atom. The maximum atomic E-state index is 12.6. The topological polar surface area (TPSA) is 58.6 Å². The second-order valence-electron chi connectivity index (χ2n) is 7.78. The SMILES string of the molecule is CC(C)C1C(=O)NC(=O)N(COCc2ccccc2)C1SC1CCCCC1. The summed E-state index contributed by atoms with van der Waals surface area (Å²) in [5.74, 6) is -0.201. The molecule has 1 aliphatic heterocycles. The fraction of sp³-hybridized carbons (Fsp3) is 0.619. The van der Waals surface area contributed by atoms with Gasteiger partial charge in [-0.15, -0.1) is 11.8 Å². The average Bonchev–Trinajstić information content (AvgIpc) is 2.65. The van der Waals surface area contributed by atoms with Gasteiger partial charge in [0.15, 0.2) is 0 Å². The Bertz CT molecular complexity index is 632. The van der Waals surface area contributed by atoms with Crippen molar-refractivity contribution in [3.8, 4) is 0 Å². The molecular weight excluding hydrogens is 360 g/mol. The zero-order chi connectivity index (χ0) is 19.2. The summed E-state index contributed by atoms with van der Waals surface area (Å²) in [6.07, 6.45) is 6.10. The molecule has 2 aliphatic rings. The number of amides is 3. The molecule has 0 radical (unpaired) electrons. The molecule has 6 heteroatoms. The number of ether oxygens (including phenoxy) is 1. The number of carbonyl (C=O) groups is 2. The summed E-state index contributed by atoms with van der Waals surface area (Å²) in [6.45, 7) is 4.75. The van der Waals surface area contributed by atoms with Gasteiger partial charge in [-0.3, -0.25) is 15.0 Å². The minimum atomic E-state index is -0.335. The summed E-state index contributed by atoms with van der Waals surface area (Å²) < 4.78 is 5.85. The van der Waals surface area contributed by atoms with Crippen LogP contribution in [0.2, 0.25) is 0 Å². The summed E-state index contributed by atoms with van der Waals surface area (Å²) in [4.78, 5) is 26.8. The number of hydrogen-bond acceptors (Lipinski definition) is 4. The van der Waals surface area contributed by atoms with Crippen LogP contribution in [0.15, 0.2) is 30.3 Å². The van der Waals surface area contributed by atoms with Crippen molar-refractivity contribution in [2.45, 2.75) is 63.2 Å². The molecule has 0 spiro atoms. The lowest BCUT2D eigenvalue weighted by molar-refractivity contribution is -0.129. The molecule has 1 heterocycles. The van der Waals surface area contributed by atoms with Crippen molar-refractivity contribution >= 4 is 23.7 Å². The molecule has 1 aliphatic carbocycles. The van der Waals surface area contributed by atoms with E-state index in [9.17, 15) is 9.59 Å². The molecule has 1 saturated carbocycles. The van der Waals surface area contributed by atoms with Crippen LogP contribution in [0, 0.1) is 11.8 Å². The highest BCUT2D eigenvalue weighted by atomic mass is 32.2. The van der Waals surface area contributed by atoms with E-state index < -0.39 is 0 Å². The van der Waals surface area contributed by atoms with Crippen molar-refractivity contribution in [2.24, 2.45) is 11.8 Å². The Hall–Kier alpha value is -1.53. The zero-order valence-corrected chi connectivity index (χ0v) is 17.0. The lowest BCUT2D eigenvalue weighted by Crippen LogP contribution is -2.61. The normalized spacial score (nSPS) is 24.3. The molecule has 5 nitrogen and oxygen atoms in total. The number of carbonyl (C=O) groups excluding carboxylic acids is 2. The van der Waals surface area contributed by atoms with Gasteiger partial charge in [0.25, 0.3) is 0 Å². The van der Waals surface area contributed by atoms with E-state index in [1.165, 1.54) is 32.1 Å². The number of nitrogens with one attached hydrogen (secondary N) is 1. The molecule has 0 aromatic heterocycles. The van der Waals surface area contributed by atoms with Crippen LogP contribution >= 0.6 is 11.8 Å². The van der Waals surface area contributed by atoms with E-state index in [4.69, 9.17) is 4.74 Å². The van der Waals surface area contributed by atoms with Crippen molar-refractivity contribution in [1.29, 1.82) is 0 Å². The molecule has 2 fully saturated rings. The van der Waals surface area contributed by atoms with E-state index in [0.717, 1.165) is 5.56 Å². The fourth-order valence-electron chi connectivity index (χ4n) is 3.86. The third-order valence-corrected chi connectivity index (χ3v) is 7.04. The van der Waals surface area contributed by atoms with Gasteiger partial charge < -0.3 is 4.74 Å². The molecule has 148 valence electrons. The number of thioether (sulfide) groups is 1. The molecular formula is C21H30N2O3S. The van der Waals surface area contributed by atoms with Crippen LogP contribution in [0.4, 0.5) is 4.79 Å². The third kappa shape index (κ3) is 5.26. The smallest absolute Gasteiger partial charge is 0.326 e. The highest BCUT2D eigenvalue weighted by Crippen LogP contribution is 2.39. The van der Waals surface area contributed by atoms with Gasteiger partial charge in [0.2, 0.25) is 5.91 Å². The van der Waals surface area contributed by atoms with Gasteiger partial charge in [0, 0.05) is 5.25 Å². The molecule has 2 unspecified atom stereocenters. The van der Waals surface area contributed by atoms with Crippen LogP contribution < -0.4 is 5.32 Å². The molecule has 0 bridgehead atoms. The van der Waals surface area contributed by atoms with Crippen molar-refractivity contribution in [3.63, 3.8) is 0 Å². The van der Waals surface area contributed by atoms with Gasteiger partial charge in [0.05, 0.1) is 17.9 Å². The highest BCUT2D eigenvalue weighted by molar-refractivity contribution is 8.00. The largest absolute Gasteiger partial charge is 0.356 e. The van der Waals surface area contributed by atoms with E-state index in [-0.39, 0.29) is 35.9 Å². The van der Waals surface area contributed by atoms with Crippen LogP contribution in [-0.4, -0.2) is 34.2 Å². The lowest BCUT2D eigenvalue weighted by Gasteiger charge is -2.42. The molecule has 3 amide bonds. The first kappa shape index (κ1) is 20.2. The fourth-order valence-corrected chi connectivity index (χ4v) is 5.77. The Morgan fingerprint density at radius 1 is 1.15 bits per heavy atom. The summed E-state index contributed by atoms with van der Waals surface area (Å²) in [6, 6.07) is 9.59. The van der Waals surface area contributed by atoms with Crippen molar-refractivity contribution in [2.75, 3.05) is 6.73 Å². The predicted molar refractivity (Wildman–Crippen MR) is 108 cm³/mol. The number of imide groups is 1. The number of benzene rings is 1. The van der Waals surface area contributed by atoms with E-state index >= 15 is 0 Å². The monoisotopic (exact) mass is 390 g/mol. The van der Waals surface area contributed by atoms with E-state index in [0.29, 0.717) is 11.9 Å². The summed E-state index contributed by atoms with van der Waals surface area (Å²) in [5.41, 5.74) is 1.07. The molecule has 1 N–H and O–H groups in total. The average molecular weight is 391 g/mol. The summed E-state index contributed by atoms with van der Waals surface area (Å²) >= 11 is 1.80. The second-order valence-corrected chi connectivity index (χ2v) is 9.21. The zero-order valence-electron chi connectivity index (χ0n) is 16.2. The molecule has 3 rings (SSSR count). The first-order chi connectivity index (χ1) is 13.1. The Kier molecular flexibility index (Phi) is 7.19. The van der Waals surface area contributed by atoms with Crippen molar-refractivity contribution in [3.05, 3.63) is 35.9 Å². The summed E-state index contributed by atoms with van der Waals surface area (Å²) in [7, 11) is 0. The van der Waals surface area contributed by atoms with E-state index in [2.05, 4.69) is 19.2 Å². The predicted octanol–water partition coefficient (Wildman–Crippen LogP) is 4.38. The van der Waals surface area contributed by atoms with Gasteiger partial charge in [-0.2, -0.15) is 0 Å². The molecule has 1 saturated heterocycles. The van der Waals surface area contributed by atoms with Crippen LogP contribution in [0.3, 0.4) is 0 Å². The van der Waals surface area contributed by atoms with Crippen LogP contribution in [0.25, 0.3) is 0 Å². The van der Waals surface area contributed by atoms with E-state index in [1.54, 1.807) is 16.7 Å². The van der Waals surface area contributed by atoms with Crippen LogP contribution in [-0.2, 0) is 16.1 Å². The Morgan fingerprint density at radius 2 is 1.85 bits per heavy atom. The minimum Gasteiger partial charge on any atom is -0.356 e. The second kappa shape index (κ2) is 9.60. The van der Waals surface area contributed by atoms with Gasteiger partial charge in [-0.05, 0) is 24.3 Å². The quantitative estimate of drug-likeness (QED) is 0.751. The van der Waals surface area contributed by atoms with Gasteiger partial charge in [-0.25, -0.2) is 4.79 Å². The van der Waals surface area contributed by atoms with Crippen LogP contribution in [0.1, 0.15) is 51.5 Å². The maximum absolute atomic E-state index is 12.6. The first-order valence-corrected chi connectivity index (χ1v) is 10.9. The standard InChI is InChI=1S/C21H30N2O3S/c1-15(2)18-19(24)22-21(25)23(14-26-13-16-9-5-3-6-10-16)20(18)27-17-11-7-4-8-12-17/h3,5-6,9-10,15,17-18,20H,4,7-8,11-14H2,1-2H3,(H,22,24,25). The van der Waals surface area contributed by atoms with Crippen molar-refractivity contribution in [1.82, 2.24) is 10.2 Å². The number of nitrogens with zero attached hydrogens (tertiary/aromatic N) is 1. The highest BCUT2D eigenvalue weighted by Gasteiger charge is 2.44. The lowest BCUT2D eigenvalue weighted by atomic mass is 9.92. The van der Waals surface area contributed by atoms with Crippen LogP contribution in [0.5, 0.6) is 0 Å². The van der Waals surface area contributed by atoms with Gasteiger partial charge >= 0.3 is 6.03 Å².